The van der Waals surface area contributed by atoms with Gasteiger partial charge in [-0.2, -0.15) is 0 Å². The molecule has 1 N–H and O–H groups in total. The van der Waals surface area contributed by atoms with E-state index in [9.17, 15) is 0 Å². The molecule has 10 heavy (non-hydrogen) atoms. The molecule has 2 rings (SSSR count). The number of ether oxygens (including phenoxy) is 1. The summed E-state index contributed by atoms with van der Waals surface area (Å²) in [6.07, 6.45) is 7.14. The average molecular weight is 140 g/mol. The quantitative estimate of drug-likeness (QED) is 0.510. The predicted octanol–water partition coefficient (Wildman–Crippen LogP) is 1.06. The van der Waals surface area contributed by atoms with Crippen molar-refractivity contribution in [3.8, 4) is 0 Å². The number of aliphatic hydroxyl groups excluding tert-OH is 1. The summed E-state index contributed by atoms with van der Waals surface area (Å²) < 4.78 is 5.27. The van der Waals surface area contributed by atoms with Crippen LogP contribution in [-0.4, -0.2) is 17.5 Å². The van der Waals surface area contributed by atoms with Crippen LogP contribution in [0, 0.1) is 5.92 Å². The molecule has 1 fully saturated rings. The van der Waals surface area contributed by atoms with Gasteiger partial charge in [0.1, 0.15) is 0 Å². The Balaban J connectivity index is 2.08. The fraction of sp³-hybridized carbons (Fsp3) is 0.750. The van der Waals surface area contributed by atoms with Gasteiger partial charge in [0.2, 0.25) is 0 Å². The monoisotopic (exact) mass is 140 g/mol. The van der Waals surface area contributed by atoms with Crippen molar-refractivity contribution in [2.75, 3.05) is 0 Å². The minimum Gasteiger partial charge on any atom is -0.368 e. The first kappa shape index (κ1) is 6.38. The molecule has 3 unspecified atom stereocenters. The van der Waals surface area contributed by atoms with Crippen LogP contribution in [0.15, 0.2) is 12.2 Å². The number of rotatable bonds is 0. The summed E-state index contributed by atoms with van der Waals surface area (Å²) >= 11 is 0. The molecule has 0 aromatic heterocycles. The van der Waals surface area contributed by atoms with E-state index in [1.165, 1.54) is 0 Å². The first-order valence-corrected chi connectivity index (χ1v) is 3.86. The normalized spacial score (nSPS) is 45.5. The number of hydrogen-bond acceptors (Lipinski definition) is 2. The van der Waals surface area contributed by atoms with Crippen LogP contribution in [0.5, 0.6) is 0 Å². The Labute approximate surface area is 60.5 Å². The molecule has 2 heteroatoms. The molecule has 1 aliphatic heterocycles. The van der Waals surface area contributed by atoms with Crippen molar-refractivity contribution in [3.63, 3.8) is 0 Å². The maximum Gasteiger partial charge on any atom is 0.155 e. The van der Waals surface area contributed by atoms with E-state index >= 15 is 0 Å². The lowest BCUT2D eigenvalue weighted by Crippen LogP contribution is -2.16. The van der Waals surface area contributed by atoms with Gasteiger partial charge < -0.3 is 9.84 Å². The van der Waals surface area contributed by atoms with Crippen molar-refractivity contribution in [2.45, 2.75) is 31.7 Å². The third kappa shape index (κ3) is 0.976. The van der Waals surface area contributed by atoms with Gasteiger partial charge in [0.05, 0.1) is 6.10 Å². The van der Waals surface area contributed by atoms with E-state index in [-0.39, 0.29) is 0 Å². The molecule has 1 saturated heterocycles. The fourth-order valence-corrected chi connectivity index (χ4v) is 1.76. The maximum absolute atomic E-state index is 9.10. The molecule has 2 aliphatic rings. The number of allylic oxidation sites excluding steroid dienone is 1. The van der Waals surface area contributed by atoms with E-state index < -0.39 is 6.29 Å². The second-order valence-electron chi connectivity index (χ2n) is 3.03. The van der Waals surface area contributed by atoms with Gasteiger partial charge in [-0.3, -0.25) is 0 Å². The number of fused-ring (bicyclic) bond motifs is 1. The van der Waals surface area contributed by atoms with Crippen molar-refractivity contribution >= 4 is 0 Å². The van der Waals surface area contributed by atoms with Crippen LogP contribution in [0.3, 0.4) is 0 Å². The molecule has 1 aliphatic carbocycles. The first-order chi connectivity index (χ1) is 4.86. The molecule has 0 spiro atoms. The molecule has 0 bridgehead atoms. The Kier molecular flexibility index (Phi) is 1.51. The van der Waals surface area contributed by atoms with Crippen molar-refractivity contribution in [1.29, 1.82) is 0 Å². The van der Waals surface area contributed by atoms with E-state index in [4.69, 9.17) is 9.84 Å². The molecule has 0 radical (unpaired) electrons. The Hall–Kier alpha value is -0.340. The Bertz CT molecular complexity index is 153. The zero-order chi connectivity index (χ0) is 6.97. The van der Waals surface area contributed by atoms with Crippen LogP contribution in [0.2, 0.25) is 0 Å². The van der Waals surface area contributed by atoms with Crippen molar-refractivity contribution < 1.29 is 9.84 Å². The van der Waals surface area contributed by atoms with Gasteiger partial charge in [0, 0.05) is 12.3 Å². The molecule has 2 nitrogen and oxygen atoms in total. The molecule has 3 atom stereocenters. The van der Waals surface area contributed by atoms with Gasteiger partial charge in [0.15, 0.2) is 6.29 Å². The highest BCUT2D eigenvalue weighted by Crippen LogP contribution is 2.32. The van der Waals surface area contributed by atoms with E-state index in [2.05, 4.69) is 12.2 Å². The van der Waals surface area contributed by atoms with Crippen LogP contribution >= 0.6 is 0 Å². The zero-order valence-electron chi connectivity index (χ0n) is 5.86. The van der Waals surface area contributed by atoms with Crippen molar-refractivity contribution in [3.05, 3.63) is 12.2 Å². The van der Waals surface area contributed by atoms with Gasteiger partial charge in [-0.05, 0) is 12.8 Å². The SMILES string of the molecule is OC1CC2C=CCCC2O1. The zero-order valence-corrected chi connectivity index (χ0v) is 5.86. The molecule has 0 amide bonds. The standard InChI is InChI=1S/C8H12O2/c9-8-5-6-3-1-2-4-7(6)10-8/h1,3,6-9H,2,4-5H2. The molecule has 1 heterocycles. The second kappa shape index (κ2) is 2.36. The minimum absolute atomic E-state index is 0.306. The third-order valence-electron chi connectivity index (χ3n) is 2.28. The van der Waals surface area contributed by atoms with Gasteiger partial charge in [0.25, 0.3) is 0 Å². The number of aliphatic hydroxyl groups is 1. The molecule has 0 saturated carbocycles. The van der Waals surface area contributed by atoms with Crippen LogP contribution in [-0.2, 0) is 4.74 Å². The van der Waals surface area contributed by atoms with Crippen LogP contribution in [0.25, 0.3) is 0 Å². The Morgan fingerprint density at radius 2 is 2.40 bits per heavy atom. The lowest BCUT2D eigenvalue weighted by atomic mass is 9.92. The minimum atomic E-state index is -0.502. The highest BCUT2D eigenvalue weighted by molar-refractivity contribution is 5.00. The molecular weight excluding hydrogens is 128 g/mol. The molecule has 56 valence electrons. The maximum atomic E-state index is 9.10. The van der Waals surface area contributed by atoms with E-state index in [1.54, 1.807) is 0 Å². The fourth-order valence-electron chi connectivity index (χ4n) is 1.76. The third-order valence-corrected chi connectivity index (χ3v) is 2.28. The Morgan fingerprint density at radius 1 is 1.50 bits per heavy atom. The molecule has 0 aromatic rings. The predicted molar refractivity (Wildman–Crippen MR) is 37.4 cm³/mol. The largest absolute Gasteiger partial charge is 0.368 e. The highest BCUT2D eigenvalue weighted by atomic mass is 16.6. The first-order valence-electron chi connectivity index (χ1n) is 3.86. The van der Waals surface area contributed by atoms with Crippen LogP contribution < -0.4 is 0 Å². The number of hydrogen-bond donors (Lipinski definition) is 1. The Morgan fingerprint density at radius 3 is 3.20 bits per heavy atom. The summed E-state index contributed by atoms with van der Waals surface area (Å²) in [6.45, 7) is 0. The average Bonchev–Trinajstić information content (AvgIpc) is 2.27. The smallest absolute Gasteiger partial charge is 0.155 e. The van der Waals surface area contributed by atoms with Gasteiger partial charge >= 0.3 is 0 Å². The molecule has 0 aromatic carbocycles. The van der Waals surface area contributed by atoms with Crippen LogP contribution in [0.4, 0.5) is 0 Å². The summed E-state index contributed by atoms with van der Waals surface area (Å²) in [4.78, 5) is 0. The summed E-state index contributed by atoms with van der Waals surface area (Å²) in [5.74, 6) is 0.490. The highest BCUT2D eigenvalue weighted by Gasteiger charge is 2.33. The summed E-state index contributed by atoms with van der Waals surface area (Å²) in [7, 11) is 0. The van der Waals surface area contributed by atoms with E-state index in [0.29, 0.717) is 12.0 Å². The summed E-state index contributed by atoms with van der Waals surface area (Å²) in [6, 6.07) is 0. The van der Waals surface area contributed by atoms with Gasteiger partial charge in [-0.25, -0.2) is 0 Å². The molecular formula is C8H12O2. The van der Waals surface area contributed by atoms with Gasteiger partial charge in [-0.15, -0.1) is 0 Å². The van der Waals surface area contributed by atoms with Crippen molar-refractivity contribution in [1.82, 2.24) is 0 Å². The topological polar surface area (TPSA) is 29.5 Å². The van der Waals surface area contributed by atoms with Gasteiger partial charge in [-0.1, -0.05) is 12.2 Å². The van der Waals surface area contributed by atoms with Crippen LogP contribution in [0.1, 0.15) is 19.3 Å². The van der Waals surface area contributed by atoms with E-state index in [0.717, 1.165) is 19.3 Å². The second-order valence-corrected chi connectivity index (χ2v) is 3.03. The lowest BCUT2D eigenvalue weighted by Gasteiger charge is -2.17. The summed E-state index contributed by atoms with van der Waals surface area (Å²) in [5, 5.41) is 9.10. The lowest BCUT2D eigenvalue weighted by molar-refractivity contribution is -0.0930. The van der Waals surface area contributed by atoms with E-state index in [1.807, 2.05) is 0 Å². The van der Waals surface area contributed by atoms with Crippen molar-refractivity contribution in [2.24, 2.45) is 5.92 Å². The summed E-state index contributed by atoms with van der Waals surface area (Å²) in [5.41, 5.74) is 0.